The number of ether oxygens (including phenoxy) is 1. The van der Waals surface area contributed by atoms with E-state index in [1.807, 2.05) is 44.2 Å². The lowest BCUT2D eigenvalue weighted by Crippen LogP contribution is -2.30. The fraction of sp³-hybridized carbons (Fsp3) is 0.222. The zero-order chi connectivity index (χ0) is 24.8. The Morgan fingerprint density at radius 2 is 1.97 bits per heavy atom. The summed E-state index contributed by atoms with van der Waals surface area (Å²) in [6.45, 7) is 4.73. The Morgan fingerprint density at radius 3 is 2.71 bits per heavy atom. The number of rotatable bonds is 7. The van der Waals surface area contributed by atoms with Crippen LogP contribution in [0.25, 0.3) is 22.8 Å². The van der Waals surface area contributed by atoms with Gasteiger partial charge in [0.05, 0.1) is 17.1 Å². The number of hydrogen-bond acceptors (Lipinski definition) is 5. The first-order valence-corrected chi connectivity index (χ1v) is 11.4. The van der Waals surface area contributed by atoms with Gasteiger partial charge >= 0.3 is 0 Å². The maximum absolute atomic E-state index is 13.2. The molecule has 35 heavy (non-hydrogen) atoms. The van der Waals surface area contributed by atoms with E-state index >= 15 is 0 Å². The number of aryl methyl sites for hydroxylation is 1. The van der Waals surface area contributed by atoms with Crippen LogP contribution in [0.1, 0.15) is 31.4 Å². The summed E-state index contributed by atoms with van der Waals surface area (Å²) in [6.07, 6.45) is 5.31. The van der Waals surface area contributed by atoms with Gasteiger partial charge in [-0.2, -0.15) is 10.3 Å². The summed E-state index contributed by atoms with van der Waals surface area (Å²) in [6, 6.07) is 18.2. The van der Waals surface area contributed by atoms with Crippen LogP contribution in [0.2, 0.25) is 0 Å². The molecule has 0 spiro atoms. The average molecular weight is 468 g/mol. The van der Waals surface area contributed by atoms with Gasteiger partial charge in [-0.15, -0.1) is 0 Å². The molecule has 4 aromatic rings. The molecule has 1 amide bonds. The van der Waals surface area contributed by atoms with Gasteiger partial charge in [-0.3, -0.25) is 14.0 Å². The number of pyridine rings is 2. The summed E-state index contributed by atoms with van der Waals surface area (Å²) in [5.41, 5.74) is 1.68. The predicted molar refractivity (Wildman–Crippen MR) is 133 cm³/mol. The Bertz CT molecular complexity index is 1570. The second kappa shape index (κ2) is 10.7. The molecule has 8 heteroatoms. The van der Waals surface area contributed by atoms with Crippen molar-refractivity contribution in [3.8, 4) is 6.07 Å². The van der Waals surface area contributed by atoms with Crippen LogP contribution in [0.15, 0.2) is 76.7 Å². The van der Waals surface area contributed by atoms with Crippen molar-refractivity contribution in [2.75, 3.05) is 6.61 Å². The molecule has 0 aliphatic rings. The van der Waals surface area contributed by atoms with Crippen molar-refractivity contribution in [3.63, 3.8) is 0 Å². The predicted octanol–water partition coefficient (Wildman–Crippen LogP) is 3.48. The second-order valence-corrected chi connectivity index (χ2v) is 8.20. The first kappa shape index (κ1) is 23.8. The highest BCUT2D eigenvalue weighted by atomic mass is 16.5. The van der Waals surface area contributed by atoms with Crippen LogP contribution in [0.4, 0.5) is 0 Å². The van der Waals surface area contributed by atoms with Gasteiger partial charge in [0.15, 0.2) is 5.49 Å². The third-order valence-corrected chi connectivity index (χ3v) is 5.32. The first-order valence-electron chi connectivity index (χ1n) is 11.4. The van der Waals surface area contributed by atoms with Crippen molar-refractivity contribution < 1.29 is 9.53 Å². The number of fused-ring (bicyclic) bond motifs is 2. The third kappa shape index (κ3) is 5.42. The number of hydrogen-bond donors (Lipinski definition) is 0. The number of amides is 1. The fourth-order valence-corrected chi connectivity index (χ4v) is 3.71. The third-order valence-electron chi connectivity index (χ3n) is 5.32. The van der Waals surface area contributed by atoms with E-state index < -0.39 is 5.91 Å². The van der Waals surface area contributed by atoms with Crippen molar-refractivity contribution in [2.45, 2.75) is 32.9 Å². The van der Waals surface area contributed by atoms with Crippen LogP contribution < -0.4 is 11.0 Å². The van der Waals surface area contributed by atoms with Gasteiger partial charge < -0.3 is 9.30 Å². The molecular formula is C27H25N5O3. The van der Waals surface area contributed by atoms with E-state index in [2.05, 4.69) is 16.0 Å². The van der Waals surface area contributed by atoms with E-state index in [0.29, 0.717) is 30.9 Å². The highest BCUT2D eigenvalue weighted by Gasteiger charge is 2.14. The lowest BCUT2D eigenvalue weighted by Gasteiger charge is -2.14. The molecule has 0 saturated carbocycles. The molecule has 8 nitrogen and oxygen atoms in total. The normalized spacial score (nSPS) is 12.1. The second-order valence-electron chi connectivity index (χ2n) is 8.20. The van der Waals surface area contributed by atoms with Crippen LogP contribution in [0, 0.1) is 11.3 Å². The van der Waals surface area contributed by atoms with E-state index in [1.54, 1.807) is 35.0 Å². The fourth-order valence-electron chi connectivity index (χ4n) is 3.71. The molecule has 3 heterocycles. The minimum atomic E-state index is -0.519. The lowest BCUT2D eigenvalue weighted by atomic mass is 10.2. The zero-order valence-corrected chi connectivity index (χ0v) is 19.6. The van der Waals surface area contributed by atoms with Crippen LogP contribution in [0.3, 0.4) is 0 Å². The molecule has 3 aromatic heterocycles. The molecule has 0 fully saturated rings. The maximum Gasteiger partial charge on any atom is 0.271 e. The van der Waals surface area contributed by atoms with Gasteiger partial charge in [-0.25, -0.2) is 4.98 Å². The summed E-state index contributed by atoms with van der Waals surface area (Å²) in [5.74, 6) is -0.519. The summed E-state index contributed by atoms with van der Waals surface area (Å²) in [5, 5.41) is 10.1. The highest BCUT2D eigenvalue weighted by molar-refractivity contribution is 5.92. The molecule has 0 atom stereocenters. The zero-order valence-electron chi connectivity index (χ0n) is 19.6. The molecule has 0 bridgehead atoms. The van der Waals surface area contributed by atoms with E-state index in [9.17, 15) is 14.9 Å². The van der Waals surface area contributed by atoms with E-state index in [0.717, 1.165) is 5.56 Å². The van der Waals surface area contributed by atoms with E-state index in [1.165, 1.54) is 16.5 Å². The van der Waals surface area contributed by atoms with Crippen molar-refractivity contribution in [1.82, 2.24) is 14.0 Å². The number of aromatic nitrogens is 3. The number of carbonyl (C=O) groups excluding carboxylic acids is 1. The van der Waals surface area contributed by atoms with Gasteiger partial charge in [0, 0.05) is 25.4 Å². The van der Waals surface area contributed by atoms with Crippen molar-refractivity contribution >= 4 is 28.7 Å². The summed E-state index contributed by atoms with van der Waals surface area (Å²) in [7, 11) is 0. The Hall–Kier alpha value is -4.35. The average Bonchev–Trinajstić information content (AvgIpc) is 2.87. The van der Waals surface area contributed by atoms with Crippen molar-refractivity contribution in [1.29, 1.82) is 5.26 Å². The van der Waals surface area contributed by atoms with Crippen LogP contribution in [-0.2, 0) is 16.1 Å². The largest absolute Gasteiger partial charge is 0.379 e. The molecule has 4 rings (SSSR count). The Kier molecular flexibility index (Phi) is 7.29. The molecule has 0 aliphatic heterocycles. The molecular weight excluding hydrogens is 442 g/mol. The molecule has 0 radical (unpaired) electrons. The van der Waals surface area contributed by atoms with Crippen molar-refractivity contribution in [3.05, 3.63) is 93.8 Å². The molecule has 0 N–H and O–H groups in total. The summed E-state index contributed by atoms with van der Waals surface area (Å²) < 4.78 is 8.76. The van der Waals surface area contributed by atoms with Crippen LogP contribution in [-0.4, -0.2) is 32.6 Å². The number of carbonyl (C=O) groups is 1. The molecule has 1 aromatic carbocycles. The Morgan fingerprint density at radius 1 is 1.20 bits per heavy atom. The van der Waals surface area contributed by atoms with E-state index in [4.69, 9.17) is 4.74 Å². The van der Waals surface area contributed by atoms with Crippen molar-refractivity contribution in [2.24, 2.45) is 4.99 Å². The van der Waals surface area contributed by atoms with E-state index in [-0.39, 0.29) is 28.1 Å². The number of benzene rings is 1. The quantitative estimate of drug-likeness (QED) is 0.235. The minimum absolute atomic E-state index is 0.0720. The van der Waals surface area contributed by atoms with Crippen LogP contribution in [0.5, 0.6) is 0 Å². The van der Waals surface area contributed by atoms with Crippen LogP contribution >= 0.6 is 0 Å². The minimum Gasteiger partial charge on any atom is -0.379 e. The number of nitriles is 1. The smallest absolute Gasteiger partial charge is 0.271 e. The number of nitrogens with zero attached hydrogens (tertiary/aromatic N) is 5. The molecule has 0 saturated heterocycles. The van der Waals surface area contributed by atoms with Gasteiger partial charge in [-0.1, -0.05) is 36.4 Å². The van der Waals surface area contributed by atoms with Gasteiger partial charge in [-0.05, 0) is 50.1 Å². The molecule has 0 aliphatic carbocycles. The van der Waals surface area contributed by atoms with Gasteiger partial charge in [0.1, 0.15) is 17.4 Å². The summed E-state index contributed by atoms with van der Waals surface area (Å²) in [4.78, 5) is 34.9. The van der Waals surface area contributed by atoms with Gasteiger partial charge in [0.2, 0.25) is 0 Å². The highest BCUT2D eigenvalue weighted by Crippen LogP contribution is 2.11. The SMILES string of the molecule is CC(C)OCCCn1c(=NC(=O)/C=C\c2ccccc2)c(C#N)cc2c(=O)n3ccccc3nc21. The van der Waals surface area contributed by atoms with Gasteiger partial charge in [0.25, 0.3) is 11.5 Å². The Labute approximate surface area is 202 Å². The monoisotopic (exact) mass is 467 g/mol. The molecule has 0 unspecified atom stereocenters. The lowest BCUT2D eigenvalue weighted by molar-refractivity contribution is -0.113. The topological polar surface area (TPSA) is 102 Å². The molecule has 176 valence electrons. The summed E-state index contributed by atoms with van der Waals surface area (Å²) >= 11 is 0. The first-order chi connectivity index (χ1) is 17.0. The standard InChI is InChI=1S/C27H25N5O3/c1-19(2)35-16-8-15-32-25(30-24(33)13-12-20-9-4-3-5-10-20)21(18-28)17-22-26(32)29-23-11-6-7-14-31(23)27(22)34/h3-7,9-14,17,19H,8,15-16H2,1-2H3/b13-12-,30-25?. The maximum atomic E-state index is 13.2. The Balaban J connectivity index is 1.89.